The number of hydrogen-bond donors (Lipinski definition) is 2. The van der Waals surface area contributed by atoms with Crippen molar-refractivity contribution in [2.45, 2.75) is 0 Å². The summed E-state index contributed by atoms with van der Waals surface area (Å²) in [5.41, 5.74) is 7.06. The molecule has 0 aliphatic rings. The number of nitrogens with zero attached hydrogens (tertiary/aromatic N) is 2. The number of aromatic nitrogens is 1. The number of nitrogens with one attached hydrogen (secondary N) is 1. The molecule has 6 heteroatoms. The number of para-hydroxylation sites is 2. The minimum atomic E-state index is -0.606. The lowest BCUT2D eigenvalue weighted by Crippen LogP contribution is -2.18. The van der Waals surface area contributed by atoms with Gasteiger partial charge in [0, 0.05) is 14.1 Å². The molecule has 1 aromatic heterocycles. The lowest BCUT2D eigenvalue weighted by atomic mass is 10.2. The van der Waals surface area contributed by atoms with Crippen LogP contribution in [0.5, 0.6) is 0 Å². The largest absolute Gasteiger partial charge is 0.383 e. The molecule has 0 unspecified atom stereocenters. The molecule has 104 valence electrons. The summed E-state index contributed by atoms with van der Waals surface area (Å²) in [5, 5.41) is 2.71. The van der Waals surface area contributed by atoms with E-state index in [4.69, 9.17) is 5.73 Å². The van der Waals surface area contributed by atoms with E-state index in [-0.39, 0.29) is 11.4 Å². The van der Waals surface area contributed by atoms with E-state index < -0.39 is 11.7 Å². The van der Waals surface area contributed by atoms with Crippen molar-refractivity contribution in [1.82, 2.24) is 4.98 Å². The van der Waals surface area contributed by atoms with Gasteiger partial charge in [-0.2, -0.15) is 0 Å². The number of nitrogens with two attached hydrogens (primary N) is 1. The van der Waals surface area contributed by atoms with Crippen LogP contribution in [-0.2, 0) is 0 Å². The second kappa shape index (κ2) is 5.56. The molecule has 1 amide bonds. The maximum atomic E-state index is 13.1. The average Bonchev–Trinajstić information content (AvgIpc) is 2.41. The fraction of sp³-hybridized carbons (Fsp3) is 0.143. The molecular weight excluding hydrogens is 259 g/mol. The van der Waals surface area contributed by atoms with Crippen molar-refractivity contribution < 1.29 is 9.18 Å². The number of nitrogen functional groups attached to an aromatic ring is 1. The molecule has 0 radical (unpaired) electrons. The number of carbonyl (C=O) groups is 1. The normalized spacial score (nSPS) is 10.2. The fourth-order valence-corrected chi connectivity index (χ4v) is 1.79. The smallest absolute Gasteiger partial charge is 0.259 e. The van der Waals surface area contributed by atoms with Crippen LogP contribution in [0.2, 0.25) is 0 Å². The third-order valence-corrected chi connectivity index (χ3v) is 2.76. The van der Waals surface area contributed by atoms with E-state index in [9.17, 15) is 9.18 Å². The summed E-state index contributed by atoms with van der Waals surface area (Å²) < 4.78 is 13.1. The van der Waals surface area contributed by atoms with Crippen LogP contribution in [0.3, 0.4) is 0 Å². The van der Waals surface area contributed by atoms with Crippen molar-refractivity contribution in [2.75, 3.05) is 30.0 Å². The molecule has 0 saturated heterocycles. The Labute approximate surface area is 116 Å². The number of amides is 1. The summed E-state index contributed by atoms with van der Waals surface area (Å²) in [7, 11) is 3.73. The number of anilines is 3. The minimum absolute atomic E-state index is 0.00812. The van der Waals surface area contributed by atoms with Gasteiger partial charge in [0.25, 0.3) is 5.91 Å². The van der Waals surface area contributed by atoms with E-state index in [1.54, 1.807) is 12.1 Å². The van der Waals surface area contributed by atoms with Gasteiger partial charge in [0.2, 0.25) is 0 Å². The Morgan fingerprint density at radius 2 is 2.05 bits per heavy atom. The number of carbonyl (C=O) groups excluding carboxylic acids is 1. The maximum Gasteiger partial charge on any atom is 0.259 e. The molecule has 2 rings (SSSR count). The Bertz CT molecular complexity index is 643. The van der Waals surface area contributed by atoms with Gasteiger partial charge in [-0.3, -0.25) is 4.79 Å². The van der Waals surface area contributed by atoms with Crippen LogP contribution >= 0.6 is 0 Å². The second-order valence-corrected chi connectivity index (χ2v) is 4.45. The summed E-state index contributed by atoms with van der Waals surface area (Å²) in [4.78, 5) is 17.6. The van der Waals surface area contributed by atoms with Crippen LogP contribution in [0.15, 0.2) is 36.5 Å². The summed E-state index contributed by atoms with van der Waals surface area (Å²) >= 11 is 0. The third kappa shape index (κ3) is 2.85. The highest BCUT2D eigenvalue weighted by atomic mass is 19.1. The van der Waals surface area contributed by atoms with E-state index in [1.807, 2.05) is 31.1 Å². The Morgan fingerprint density at radius 1 is 1.35 bits per heavy atom. The van der Waals surface area contributed by atoms with E-state index >= 15 is 0 Å². The van der Waals surface area contributed by atoms with E-state index in [2.05, 4.69) is 10.3 Å². The van der Waals surface area contributed by atoms with Crippen LogP contribution < -0.4 is 16.0 Å². The Kier molecular flexibility index (Phi) is 3.84. The Morgan fingerprint density at radius 3 is 2.75 bits per heavy atom. The fourth-order valence-electron chi connectivity index (χ4n) is 1.79. The van der Waals surface area contributed by atoms with Gasteiger partial charge in [-0.25, -0.2) is 9.37 Å². The van der Waals surface area contributed by atoms with Gasteiger partial charge < -0.3 is 16.0 Å². The number of benzene rings is 1. The molecule has 0 atom stereocenters. The van der Waals surface area contributed by atoms with Crippen molar-refractivity contribution in [1.29, 1.82) is 0 Å². The molecule has 0 fully saturated rings. The zero-order chi connectivity index (χ0) is 14.7. The van der Waals surface area contributed by atoms with Crippen LogP contribution in [0.4, 0.5) is 21.6 Å². The first-order chi connectivity index (χ1) is 9.49. The predicted molar refractivity (Wildman–Crippen MR) is 77.3 cm³/mol. The first-order valence-corrected chi connectivity index (χ1v) is 5.97. The summed E-state index contributed by atoms with van der Waals surface area (Å²) in [6.07, 6.45) is 0.972. The number of pyridine rings is 1. The van der Waals surface area contributed by atoms with Crippen molar-refractivity contribution in [3.63, 3.8) is 0 Å². The van der Waals surface area contributed by atoms with Gasteiger partial charge in [0.15, 0.2) is 0 Å². The summed E-state index contributed by atoms with van der Waals surface area (Å²) in [6, 6.07) is 8.35. The Balaban J connectivity index is 2.31. The molecule has 1 aromatic carbocycles. The molecule has 0 aliphatic heterocycles. The highest BCUT2D eigenvalue weighted by Gasteiger charge is 2.14. The molecule has 0 saturated carbocycles. The second-order valence-electron chi connectivity index (χ2n) is 4.45. The van der Waals surface area contributed by atoms with Crippen molar-refractivity contribution >= 4 is 23.1 Å². The SMILES string of the molecule is CN(C)c1ccccc1NC(=O)c1cc(F)cnc1N. The predicted octanol–water partition coefficient (Wildman–Crippen LogP) is 2.12. The molecule has 0 spiro atoms. The zero-order valence-electron chi connectivity index (χ0n) is 11.2. The number of hydrogen-bond acceptors (Lipinski definition) is 4. The molecule has 2 aromatic rings. The molecule has 20 heavy (non-hydrogen) atoms. The van der Waals surface area contributed by atoms with Crippen molar-refractivity contribution in [2.24, 2.45) is 0 Å². The van der Waals surface area contributed by atoms with Gasteiger partial charge in [0.05, 0.1) is 23.1 Å². The van der Waals surface area contributed by atoms with E-state index in [1.165, 1.54) is 0 Å². The lowest BCUT2D eigenvalue weighted by molar-refractivity contribution is 0.102. The van der Waals surface area contributed by atoms with Gasteiger partial charge in [-0.05, 0) is 18.2 Å². The first-order valence-electron chi connectivity index (χ1n) is 5.97. The molecule has 1 heterocycles. The highest BCUT2D eigenvalue weighted by Crippen LogP contribution is 2.24. The number of rotatable bonds is 3. The monoisotopic (exact) mass is 274 g/mol. The van der Waals surface area contributed by atoms with Gasteiger partial charge in [0.1, 0.15) is 11.6 Å². The van der Waals surface area contributed by atoms with Crippen molar-refractivity contribution in [3.05, 3.63) is 47.9 Å². The molecule has 0 aliphatic carbocycles. The molecule has 5 nitrogen and oxygen atoms in total. The van der Waals surface area contributed by atoms with Crippen molar-refractivity contribution in [3.8, 4) is 0 Å². The lowest BCUT2D eigenvalue weighted by Gasteiger charge is -2.17. The van der Waals surface area contributed by atoms with E-state index in [0.717, 1.165) is 18.0 Å². The molecule has 3 N–H and O–H groups in total. The zero-order valence-corrected chi connectivity index (χ0v) is 11.2. The minimum Gasteiger partial charge on any atom is -0.383 e. The van der Waals surface area contributed by atoms with Crippen LogP contribution in [0.25, 0.3) is 0 Å². The van der Waals surface area contributed by atoms with Crippen LogP contribution in [0.1, 0.15) is 10.4 Å². The van der Waals surface area contributed by atoms with Gasteiger partial charge in [-0.15, -0.1) is 0 Å². The maximum absolute atomic E-state index is 13.1. The highest BCUT2D eigenvalue weighted by molar-refractivity contribution is 6.08. The van der Waals surface area contributed by atoms with Crippen LogP contribution in [0, 0.1) is 5.82 Å². The Hall–Kier alpha value is -2.63. The average molecular weight is 274 g/mol. The molecule has 0 bridgehead atoms. The van der Waals surface area contributed by atoms with E-state index in [0.29, 0.717) is 5.69 Å². The summed E-state index contributed by atoms with van der Waals surface area (Å²) in [5.74, 6) is -1.11. The molecular formula is C14H15FN4O. The topological polar surface area (TPSA) is 71.2 Å². The van der Waals surface area contributed by atoms with Gasteiger partial charge >= 0.3 is 0 Å². The standard InChI is InChI=1S/C14H15FN4O/c1-19(2)12-6-4-3-5-11(12)18-14(20)10-7-9(15)8-17-13(10)16/h3-8H,1-2H3,(H2,16,17)(H,18,20). The van der Waals surface area contributed by atoms with Gasteiger partial charge in [-0.1, -0.05) is 12.1 Å². The quantitative estimate of drug-likeness (QED) is 0.899. The third-order valence-electron chi connectivity index (χ3n) is 2.76. The number of halogens is 1. The first kappa shape index (κ1) is 13.8. The van der Waals surface area contributed by atoms with Crippen LogP contribution in [-0.4, -0.2) is 25.0 Å². The summed E-state index contributed by atoms with van der Waals surface area (Å²) in [6.45, 7) is 0.